The van der Waals surface area contributed by atoms with Gasteiger partial charge < -0.3 is 16.6 Å². The molecule has 0 spiro atoms. The Kier molecular flexibility index (Phi) is 10.3. The summed E-state index contributed by atoms with van der Waals surface area (Å²) in [6.45, 7) is 0.604. The third-order valence-corrected chi connectivity index (χ3v) is 1.29. The number of carboxylic acids is 1. The summed E-state index contributed by atoms with van der Waals surface area (Å²) < 4.78 is 0. The van der Waals surface area contributed by atoms with Gasteiger partial charge >= 0.3 is 28.3 Å². The van der Waals surface area contributed by atoms with E-state index in [-0.39, 0.29) is 22.4 Å². The topological polar surface area (TPSA) is 89.3 Å². The molecule has 5 heteroatoms. The van der Waals surface area contributed by atoms with Gasteiger partial charge in [0.1, 0.15) is 6.04 Å². The first kappa shape index (κ1) is 13.7. The number of carboxylic acid groups (broad SMARTS) is 1. The molecule has 4 nitrogen and oxygen atoms in total. The fourth-order valence-electron chi connectivity index (χ4n) is 0.632. The van der Waals surface area contributed by atoms with E-state index in [1.54, 1.807) is 0 Å². The van der Waals surface area contributed by atoms with Crippen LogP contribution in [0.2, 0.25) is 0 Å². The van der Waals surface area contributed by atoms with Gasteiger partial charge in [0.25, 0.3) is 0 Å². The second-order valence-corrected chi connectivity index (χ2v) is 2.23. The molecule has 0 saturated carbocycles. The van der Waals surface area contributed by atoms with Crippen molar-refractivity contribution in [2.75, 3.05) is 6.54 Å². The molecule has 0 radical (unpaired) electrons. The van der Waals surface area contributed by atoms with Crippen LogP contribution in [0.3, 0.4) is 0 Å². The first-order valence-electron chi connectivity index (χ1n) is 3.37. The summed E-state index contributed by atoms with van der Waals surface area (Å²) in [6.07, 6.45) is 2.16. The van der Waals surface area contributed by atoms with E-state index in [4.69, 9.17) is 16.6 Å². The first-order chi connectivity index (χ1) is 4.68. The summed E-state index contributed by atoms with van der Waals surface area (Å²) in [4.78, 5) is 10.1. The van der Waals surface area contributed by atoms with E-state index < -0.39 is 12.0 Å². The van der Waals surface area contributed by atoms with Crippen molar-refractivity contribution in [2.45, 2.75) is 25.3 Å². The van der Waals surface area contributed by atoms with Gasteiger partial charge in [-0.1, -0.05) is 6.42 Å². The van der Waals surface area contributed by atoms with Gasteiger partial charge in [0.05, 0.1) is 0 Å². The SMILES string of the molecule is NCCCCC(N)C(=O)O.[Au+]. The maximum absolute atomic E-state index is 10.1. The Labute approximate surface area is 81.8 Å². The van der Waals surface area contributed by atoms with Crippen molar-refractivity contribution in [2.24, 2.45) is 11.5 Å². The van der Waals surface area contributed by atoms with Gasteiger partial charge in [-0.05, 0) is 19.4 Å². The largest absolute Gasteiger partial charge is 1.00 e. The van der Waals surface area contributed by atoms with E-state index in [9.17, 15) is 4.79 Å². The van der Waals surface area contributed by atoms with Crippen LogP contribution >= 0.6 is 0 Å². The molecule has 0 aliphatic heterocycles. The Morgan fingerprint density at radius 3 is 2.36 bits per heavy atom. The maximum Gasteiger partial charge on any atom is 1.00 e. The minimum atomic E-state index is -0.933. The molecule has 0 fully saturated rings. The number of carbonyl (C=O) groups is 1. The Morgan fingerprint density at radius 2 is 2.00 bits per heavy atom. The Bertz CT molecular complexity index is 111. The van der Waals surface area contributed by atoms with Crippen LogP contribution in [0, 0.1) is 0 Å². The van der Waals surface area contributed by atoms with Crippen LogP contribution in [0.15, 0.2) is 0 Å². The minimum Gasteiger partial charge on any atom is -0.480 e. The predicted molar refractivity (Wildman–Crippen MR) is 38.5 cm³/mol. The third-order valence-electron chi connectivity index (χ3n) is 1.29. The van der Waals surface area contributed by atoms with E-state index in [0.29, 0.717) is 13.0 Å². The zero-order chi connectivity index (χ0) is 7.98. The summed E-state index contributed by atoms with van der Waals surface area (Å²) in [5.41, 5.74) is 10.4. The average molecular weight is 343 g/mol. The second kappa shape index (κ2) is 8.23. The summed E-state index contributed by atoms with van der Waals surface area (Å²) in [6, 6.07) is -0.716. The van der Waals surface area contributed by atoms with Gasteiger partial charge in [-0.3, -0.25) is 4.79 Å². The zero-order valence-corrected chi connectivity index (χ0v) is 8.38. The standard InChI is InChI=1S/C6H14N2O2.Au/c7-4-2-1-3-5(8)6(9)10;/h5H,1-4,7-8H2,(H,9,10);/q;+1. The summed E-state index contributed by atoms with van der Waals surface area (Å²) in [5.74, 6) is -0.933. The molecule has 0 saturated heterocycles. The molecule has 0 rings (SSSR count). The smallest absolute Gasteiger partial charge is 0.480 e. The number of hydrogen-bond acceptors (Lipinski definition) is 3. The molecule has 0 heterocycles. The van der Waals surface area contributed by atoms with Gasteiger partial charge in [0.15, 0.2) is 0 Å². The molecule has 11 heavy (non-hydrogen) atoms. The van der Waals surface area contributed by atoms with Crippen LogP contribution in [0.25, 0.3) is 0 Å². The molecule has 0 bridgehead atoms. The van der Waals surface area contributed by atoms with Gasteiger partial charge in [0, 0.05) is 0 Å². The van der Waals surface area contributed by atoms with Crippen LogP contribution in [0.1, 0.15) is 19.3 Å². The number of nitrogens with two attached hydrogens (primary N) is 2. The van der Waals surface area contributed by atoms with Crippen LogP contribution in [-0.4, -0.2) is 23.7 Å². The molecule has 0 aliphatic carbocycles. The third kappa shape index (κ3) is 8.03. The quantitative estimate of drug-likeness (QED) is 0.465. The van der Waals surface area contributed by atoms with Crippen molar-refractivity contribution < 1.29 is 32.3 Å². The van der Waals surface area contributed by atoms with Crippen LogP contribution < -0.4 is 11.5 Å². The van der Waals surface area contributed by atoms with Crippen molar-refractivity contribution >= 4 is 5.97 Å². The summed E-state index contributed by atoms with van der Waals surface area (Å²) in [5, 5.41) is 8.33. The number of unbranched alkanes of at least 4 members (excludes halogenated alkanes) is 1. The molecule has 1 atom stereocenters. The molecule has 0 aromatic rings. The summed E-state index contributed by atoms with van der Waals surface area (Å²) in [7, 11) is 0. The van der Waals surface area contributed by atoms with E-state index in [2.05, 4.69) is 0 Å². The minimum absolute atomic E-state index is 0. The fourth-order valence-corrected chi connectivity index (χ4v) is 0.632. The number of hydrogen-bond donors (Lipinski definition) is 3. The Morgan fingerprint density at radius 1 is 1.45 bits per heavy atom. The average Bonchev–Trinajstić information content (AvgIpc) is 1.88. The van der Waals surface area contributed by atoms with Crippen molar-refractivity contribution in [3.63, 3.8) is 0 Å². The normalized spacial score (nSPS) is 11.8. The number of aliphatic carboxylic acids is 1. The van der Waals surface area contributed by atoms with Crippen molar-refractivity contribution in [3.8, 4) is 0 Å². The van der Waals surface area contributed by atoms with Gasteiger partial charge in [-0.2, -0.15) is 0 Å². The molecule has 0 aromatic carbocycles. The molecule has 0 aliphatic rings. The molecule has 1 unspecified atom stereocenters. The van der Waals surface area contributed by atoms with Crippen LogP contribution in [0.5, 0.6) is 0 Å². The van der Waals surface area contributed by atoms with Crippen molar-refractivity contribution in [1.29, 1.82) is 0 Å². The first-order valence-corrected chi connectivity index (χ1v) is 3.37. The summed E-state index contributed by atoms with van der Waals surface area (Å²) >= 11 is 0. The van der Waals surface area contributed by atoms with Crippen LogP contribution in [-0.2, 0) is 27.2 Å². The Hall–Kier alpha value is 0.130. The molecule has 0 amide bonds. The molecule has 70 valence electrons. The van der Waals surface area contributed by atoms with E-state index in [1.165, 1.54) is 0 Å². The molecule has 5 N–H and O–H groups in total. The molecular formula is C6H14AuN2O2+. The second-order valence-electron chi connectivity index (χ2n) is 2.23. The monoisotopic (exact) mass is 343 g/mol. The van der Waals surface area contributed by atoms with E-state index in [0.717, 1.165) is 12.8 Å². The molecule has 0 aromatic heterocycles. The Balaban J connectivity index is 0. The van der Waals surface area contributed by atoms with E-state index in [1.807, 2.05) is 0 Å². The number of rotatable bonds is 5. The molecular weight excluding hydrogens is 329 g/mol. The van der Waals surface area contributed by atoms with Crippen LogP contribution in [0.4, 0.5) is 0 Å². The van der Waals surface area contributed by atoms with Gasteiger partial charge in [0.2, 0.25) is 0 Å². The van der Waals surface area contributed by atoms with Crippen molar-refractivity contribution in [3.05, 3.63) is 0 Å². The van der Waals surface area contributed by atoms with E-state index >= 15 is 0 Å². The predicted octanol–water partition coefficient (Wildman–Crippen LogP) is -0.475. The zero-order valence-electron chi connectivity index (χ0n) is 6.22. The maximum atomic E-state index is 10.1. The van der Waals surface area contributed by atoms with Gasteiger partial charge in [-0.15, -0.1) is 0 Å². The van der Waals surface area contributed by atoms with Gasteiger partial charge in [-0.25, -0.2) is 0 Å². The fraction of sp³-hybridized carbons (Fsp3) is 0.833. The van der Waals surface area contributed by atoms with Crippen molar-refractivity contribution in [1.82, 2.24) is 0 Å².